The minimum atomic E-state index is -3.69. The number of ether oxygens (including phenoxy) is 1. The SMILES string of the molecule is CCN(/N=C/c1ccc(O)c(OC)c1)C1=NS(=O)(=O)c2ccccc21. The van der Waals surface area contributed by atoms with E-state index in [1.54, 1.807) is 36.5 Å². The summed E-state index contributed by atoms with van der Waals surface area (Å²) in [6.45, 7) is 2.29. The minimum Gasteiger partial charge on any atom is -0.504 e. The number of nitrogens with zero attached hydrogens (tertiary/aromatic N) is 3. The Balaban J connectivity index is 1.94. The van der Waals surface area contributed by atoms with Gasteiger partial charge >= 0.3 is 0 Å². The summed E-state index contributed by atoms with van der Waals surface area (Å²) >= 11 is 0. The van der Waals surface area contributed by atoms with Crippen LogP contribution in [-0.4, -0.2) is 44.2 Å². The molecule has 0 spiro atoms. The van der Waals surface area contributed by atoms with Gasteiger partial charge in [0.25, 0.3) is 10.0 Å². The van der Waals surface area contributed by atoms with Gasteiger partial charge in [-0.25, -0.2) is 5.01 Å². The fourth-order valence-electron chi connectivity index (χ4n) is 2.47. The fourth-order valence-corrected chi connectivity index (χ4v) is 3.68. The molecule has 0 saturated heterocycles. The van der Waals surface area contributed by atoms with E-state index in [0.29, 0.717) is 29.3 Å². The largest absolute Gasteiger partial charge is 0.504 e. The number of rotatable bonds is 4. The lowest BCUT2D eigenvalue weighted by molar-refractivity contribution is 0.373. The molecule has 0 aromatic heterocycles. The van der Waals surface area contributed by atoms with E-state index in [9.17, 15) is 13.5 Å². The topological polar surface area (TPSA) is 91.6 Å². The molecule has 25 heavy (non-hydrogen) atoms. The average molecular weight is 359 g/mol. The summed E-state index contributed by atoms with van der Waals surface area (Å²) in [6, 6.07) is 11.5. The highest BCUT2D eigenvalue weighted by molar-refractivity contribution is 7.90. The van der Waals surface area contributed by atoms with Crippen molar-refractivity contribution in [2.75, 3.05) is 13.7 Å². The van der Waals surface area contributed by atoms with Crippen LogP contribution in [0.15, 0.2) is 56.9 Å². The van der Waals surface area contributed by atoms with Gasteiger partial charge in [0, 0.05) is 12.1 Å². The van der Waals surface area contributed by atoms with Crippen molar-refractivity contribution in [3.8, 4) is 11.5 Å². The number of phenolic OH excluding ortho intramolecular Hbond substituents is 1. The lowest BCUT2D eigenvalue weighted by Gasteiger charge is -2.16. The van der Waals surface area contributed by atoms with Gasteiger partial charge in [-0.1, -0.05) is 12.1 Å². The Morgan fingerprint density at radius 3 is 2.76 bits per heavy atom. The third-order valence-electron chi connectivity index (χ3n) is 3.71. The maximum Gasteiger partial charge on any atom is 0.285 e. The zero-order valence-electron chi connectivity index (χ0n) is 13.7. The molecule has 0 bridgehead atoms. The maximum atomic E-state index is 12.2. The molecule has 1 heterocycles. The molecule has 0 atom stereocenters. The summed E-state index contributed by atoms with van der Waals surface area (Å²) in [6.07, 6.45) is 1.56. The standard InChI is InChI=1S/C17H17N3O4S/c1-3-20(18-11-12-8-9-14(21)15(10-12)24-2)17-13-6-4-5-7-16(13)25(22,23)19-17/h4-11,21H,3H2,1-2H3/b18-11+. The molecule has 1 aliphatic heterocycles. The smallest absolute Gasteiger partial charge is 0.285 e. The monoisotopic (exact) mass is 359 g/mol. The Kier molecular flexibility index (Phi) is 4.45. The first-order valence-electron chi connectivity index (χ1n) is 7.59. The number of methoxy groups -OCH3 is 1. The van der Waals surface area contributed by atoms with E-state index in [4.69, 9.17) is 4.74 Å². The Morgan fingerprint density at radius 1 is 1.28 bits per heavy atom. The maximum absolute atomic E-state index is 12.2. The van der Waals surface area contributed by atoms with Crippen LogP contribution in [0.5, 0.6) is 11.5 Å². The molecule has 8 heteroatoms. The van der Waals surface area contributed by atoms with E-state index in [0.717, 1.165) is 0 Å². The Morgan fingerprint density at radius 2 is 2.04 bits per heavy atom. The zero-order chi connectivity index (χ0) is 18.0. The molecule has 1 N–H and O–H groups in total. The summed E-state index contributed by atoms with van der Waals surface area (Å²) in [5, 5.41) is 15.5. The second-order valence-electron chi connectivity index (χ2n) is 5.28. The van der Waals surface area contributed by atoms with Gasteiger partial charge < -0.3 is 9.84 Å². The second kappa shape index (κ2) is 6.56. The normalized spacial score (nSPS) is 15.0. The fraction of sp³-hybridized carbons (Fsp3) is 0.176. The van der Waals surface area contributed by atoms with Crippen molar-refractivity contribution >= 4 is 22.1 Å². The summed E-state index contributed by atoms with van der Waals surface area (Å²) in [4.78, 5) is 0.185. The van der Waals surface area contributed by atoms with Crippen LogP contribution < -0.4 is 4.74 Å². The Bertz CT molecular complexity index is 968. The van der Waals surface area contributed by atoms with E-state index < -0.39 is 10.0 Å². The molecule has 0 radical (unpaired) electrons. The van der Waals surface area contributed by atoms with Gasteiger partial charge in [-0.2, -0.15) is 13.5 Å². The van der Waals surface area contributed by atoms with Gasteiger partial charge in [0.05, 0.1) is 13.3 Å². The van der Waals surface area contributed by atoms with Crippen LogP contribution in [0, 0.1) is 0 Å². The molecule has 2 aromatic carbocycles. The lowest BCUT2D eigenvalue weighted by atomic mass is 10.2. The summed E-state index contributed by atoms with van der Waals surface area (Å²) < 4.78 is 33.3. The first kappa shape index (κ1) is 17.0. The minimum absolute atomic E-state index is 0.0344. The predicted octanol–water partition coefficient (Wildman–Crippen LogP) is 2.21. The second-order valence-corrected chi connectivity index (χ2v) is 6.85. The van der Waals surface area contributed by atoms with E-state index >= 15 is 0 Å². The molecule has 3 rings (SSSR count). The van der Waals surface area contributed by atoms with Gasteiger partial charge in [0.15, 0.2) is 17.3 Å². The van der Waals surface area contributed by atoms with Crippen molar-refractivity contribution in [1.82, 2.24) is 5.01 Å². The number of phenols is 1. The van der Waals surface area contributed by atoms with Crippen molar-refractivity contribution in [3.63, 3.8) is 0 Å². The molecule has 1 aliphatic rings. The number of hydrogen-bond donors (Lipinski definition) is 1. The van der Waals surface area contributed by atoms with Gasteiger partial charge in [-0.3, -0.25) is 0 Å². The van der Waals surface area contributed by atoms with Crippen LogP contribution in [0.1, 0.15) is 18.1 Å². The van der Waals surface area contributed by atoms with Gasteiger partial charge in [-0.15, -0.1) is 4.40 Å². The number of hydrogen-bond acceptors (Lipinski definition) is 6. The number of amidine groups is 1. The Hall–Kier alpha value is -2.87. The summed E-state index contributed by atoms with van der Waals surface area (Å²) in [5.74, 6) is 0.658. The quantitative estimate of drug-likeness (QED) is 0.667. The summed E-state index contributed by atoms with van der Waals surface area (Å²) in [7, 11) is -2.23. The predicted molar refractivity (Wildman–Crippen MR) is 94.8 cm³/mol. The van der Waals surface area contributed by atoms with Gasteiger partial charge in [0.1, 0.15) is 4.90 Å². The van der Waals surface area contributed by atoms with Gasteiger partial charge in [0.2, 0.25) is 0 Å². The highest BCUT2D eigenvalue weighted by atomic mass is 32.2. The van der Waals surface area contributed by atoms with E-state index in [1.807, 2.05) is 6.92 Å². The van der Waals surface area contributed by atoms with Crippen LogP contribution in [0.2, 0.25) is 0 Å². The van der Waals surface area contributed by atoms with Crippen molar-refractivity contribution in [2.45, 2.75) is 11.8 Å². The first-order chi connectivity index (χ1) is 12.0. The molecule has 0 amide bonds. The van der Waals surface area contributed by atoms with E-state index in [2.05, 4.69) is 9.50 Å². The molecule has 0 unspecified atom stereocenters. The number of fused-ring (bicyclic) bond motifs is 1. The third kappa shape index (κ3) is 3.20. The number of sulfonamides is 1. The molecule has 0 saturated carbocycles. The van der Waals surface area contributed by atoms with Crippen molar-refractivity contribution < 1.29 is 18.3 Å². The molecule has 130 valence electrons. The van der Waals surface area contributed by atoms with Crippen molar-refractivity contribution in [2.24, 2.45) is 9.50 Å². The average Bonchev–Trinajstić information content (AvgIpc) is 2.88. The third-order valence-corrected chi connectivity index (χ3v) is 5.03. The molecule has 7 nitrogen and oxygen atoms in total. The number of hydrazone groups is 1. The lowest BCUT2D eigenvalue weighted by Crippen LogP contribution is -2.25. The van der Waals surface area contributed by atoms with Crippen molar-refractivity contribution in [1.29, 1.82) is 0 Å². The van der Waals surface area contributed by atoms with Crippen LogP contribution >= 0.6 is 0 Å². The molecule has 0 aliphatic carbocycles. The zero-order valence-corrected chi connectivity index (χ0v) is 14.6. The van der Waals surface area contributed by atoms with E-state index in [-0.39, 0.29) is 10.6 Å². The first-order valence-corrected chi connectivity index (χ1v) is 9.03. The molecular weight excluding hydrogens is 342 g/mol. The highest BCUT2D eigenvalue weighted by Crippen LogP contribution is 2.28. The number of benzene rings is 2. The van der Waals surface area contributed by atoms with Crippen LogP contribution in [0.4, 0.5) is 0 Å². The van der Waals surface area contributed by atoms with Crippen LogP contribution in [0.3, 0.4) is 0 Å². The molecule has 2 aromatic rings. The van der Waals surface area contributed by atoms with Crippen LogP contribution in [-0.2, 0) is 10.0 Å². The van der Waals surface area contributed by atoms with Gasteiger partial charge in [-0.05, 0) is 42.8 Å². The van der Waals surface area contributed by atoms with Crippen LogP contribution in [0.25, 0.3) is 0 Å². The highest BCUT2D eigenvalue weighted by Gasteiger charge is 2.31. The number of aromatic hydroxyl groups is 1. The summed E-state index contributed by atoms with van der Waals surface area (Å²) in [5.41, 5.74) is 1.23. The van der Waals surface area contributed by atoms with E-state index in [1.165, 1.54) is 24.3 Å². The molecule has 0 fully saturated rings. The molecular formula is C17H17N3O4S. The Labute approximate surface area is 145 Å². The van der Waals surface area contributed by atoms with Crippen molar-refractivity contribution in [3.05, 3.63) is 53.6 Å².